The Morgan fingerprint density at radius 3 is 2.45 bits per heavy atom. The number of hydrogen-bond donors (Lipinski definition) is 0. The Morgan fingerprint density at radius 1 is 1.00 bits per heavy atom. The van der Waals surface area contributed by atoms with Crippen LogP contribution in [0.2, 0.25) is 0 Å². The second-order valence-corrected chi connectivity index (χ2v) is 10.7. The predicted molar refractivity (Wildman–Crippen MR) is 115 cm³/mol. The molecule has 1 amide bonds. The van der Waals surface area contributed by atoms with E-state index in [1.807, 2.05) is 51.7 Å². The maximum atomic E-state index is 13.6. The van der Waals surface area contributed by atoms with Gasteiger partial charge in [0.25, 0.3) is 0 Å². The van der Waals surface area contributed by atoms with Crippen molar-refractivity contribution in [3.63, 3.8) is 0 Å². The van der Waals surface area contributed by atoms with Crippen molar-refractivity contribution in [1.29, 1.82) is 0 Å². The standard InChI is InChI=1S/C20H26N4O3S2/c25-19(23-8-4-9-24(11-10-23)20-21-7-14-28-20)18(17-5-2-1-3-6-17)22-12-15-29(26,27)16-13-22/h1-3,5-7,14,18H,4,8-13,15-16H2. The molecule has 29 heavy (non-hydrogen) atoms. The molecule has 1 aromatic heterocycles. The number of carbonyl (C=O) groups excluding carboxylic acids is 1. The van der Waals surface area contributed by atoms with Gasteiger partial charge in [0.2, 0.25) is 5.91 Å². The zero-order valence-corrected chi connectivity index (χ0v) is 17.9. The molecule has 7 nitrogen and oxygen atoms in total. The molecule has 156 valence electrons. The third kappa shape index (κ3) is 4.79. The van der Waals surface area contributed by atoms with Gasteiger partial charge < -0.3 is 9.80 Å². The number of nitrogens with zero attached hydrogens (tertiary/aromatic N) is 4. The fourth-order valence-corrected chi connectivity index (χ4v) is 5.93. The van der Waals surface area contributed by atoms with Gasteiger partial charge in [-0.05, 0) is 12.0 Å². The molecule has 2 saturated heterocycles. The third-order valence-electron chi connectivity index (χ3n) is 5.59. The average Bonchev–Trinajstić information content (AvgIpc) is 3.15. The summed E-state index contributed by atoms with van der Waals surface area (Å²) in [5.74, 6) is 0.291. The fourth-order valence-electron chi connectivity index (χ4n) is 4.00. The molecule has 2 aromatic rings. The summed E-state index contributed by atoms with van der Waals surface area (Å²) in [5.41, 5.74) is 0.929. The van der Waals surface area contributed by atoms with Crippen LogP contribution in [0.5, 0.6) is 0 Å². The highest BCUT2D eigenvalue weighted by molar-refractivity contribution is 7.91. The molecule has 2 aliphatic rings. The van der Waals surface area contributed by atoms with E-state index in [1.165, 1.54) is 0 Å². The summed E-state index contributed by atoms with van der Waals surface area (Å²) < 4.78 is 23.8. The largest absolute Gasteiger partial charge is 0.346 e. The molecule has 1 unspecified atom stereocenters. The first-order valence-electron chi connectivity index (χ1n) is 9.96. The van der Waals surface area contributed by atoms with Crippen molar-refractivity contribution >= 4 is 32.2 Å². The Kier molecular flexibility index (Phi) is 6.17. The number of rotatable bonds is 4. The summed E-state index contributed by atoms with van der Waals surface area (Å²) in [7, 11) is -3.00. The van der Waals surface area contributed by atoms with E-state index >= 15 is 0 Å². The molecule has 0 aliphatic carbocycles. The molecule has 0 N–H and O–H groups in total. The Balaban J connectivity index is 1.52. The second kappa shape index (κ2) is 8.81. The number of benzene rings is 1. The molecular formula is C20H26N4O3S2. The van der Waals surface area contributed by atoms with Crippen LogP contribution in [-0.4, -0.2) is 79.9 Å². The van der Waals surface area contributed by atoms with E-state index in [0.29, 0.717) is 26.2 Å². The summed E-state index contributed by atoms with van der Waals surface area (Å²) in [6.07, 6.45) is 2.70. The van der Waals surface area contributed by atoms with E-state index in [-0.39, 0.29) is 17.4 Å². The van der Waals surface area contributed by atoms with Crippen LogP contribution in [0.15, 0.2) is 41.9 Å². The van der Waals surface area contributed by atoms with Crippen molar-refractivity contribution < 1.29 is 13.2 Å². The lowest BCUT2D eigenvalue weighted by atomic mass is 10.0. The van der Waals surface area contributed by atoms with Crippen molar-refractivity contribution in [1.82, 2.24) is 14.8 Å². The van der Waals surface area contributed by atoms with Crippen LogP contribution in [-0.2, 0) is 14.6 Å². The predicted octanol–water partition coefficient (Wildman–Crippen LogP) is 1.65. The zero-order chi connectivity index (χ0) is 20.3. The van der Waals surface area contributed by atoms with E-state index in [9.17, 15) is 13.2 Å². The number of carbonyl (C=O) groups is 1. The quantitative estimate of drug-likeness (QED) is 0.729. The molecule has 2 aliphatic heterocycles. The minimum absolute atomic E-state index is 0.0662. The van der Waals surface area contributed by atoms with E-state index in [1.54, 1.807) is 11.3 Å². The third-order valence-corrected chi connectivity index (χ3v) is 8.03. The summed E-state index contributed by atoms with van der Waals surface area (Å²) in [6, 6.07) is 9.30. The normalized spacial score (nSPS) is 21.5. The first-order chi connectivity index (χ1) is 14.0. The van der Waals surface area contributed by atoms with Crippen LogP contribution in [0.4, 0.5) is 5.13 Å². The lowest BCUT2D eigenvalue weighted by Gasteiger charge is -2.36. The van der Waals surface area contributed by atoms with Gasteiger partial charge in [-0.3, -0.25) is 9.69 Å². The van der Waals surface area contributed by atoms with Crippen LogP contribution < -0.4 is 4.90 Å². The minimum atomic E-state index is -3.00. The maximum Gasteiger partial charge on any atom is 0.244 e. The summed E-state index contributed by atoms with van der Waals surface area (Å²) in [4.78, 5) is 24.2. The van der Waals surface area contributed by atoms with Gasteiger partial charge in [-0.15, -0.1) is 11.3 Å². The zero-order valence-electron chi connectivity index (χ0n) is 16.3. The highest BCUT2D eigenvalue weighted by Crippen LogP contribution is 2.26. The molecule has 0 bridgehead atoms. The van der Waals surface area contributed by atoms with E-state index in [2.05, 4.69) is 9.88 Å². The van der Waals surface area contributed by atoms with Crippen molar-refractivity contribution in [3.8, 4) is 0 Å². The first-order valence-corrected chi connectivity index (χ1v) is 12.7. The summed E-state index contributed by atoms with van der Waals surface area (Å²) in [5, 5.41) is 2.97. The molecule has 9 heteroatoms. The van der Waals surface area contributed by atoms with Gasteiger partial charge in [0.1, 0.15) is 6.04 Å². The minimum Gasteiger partial charge on any atom is -0.346 e. The van der Waals surface area contributed by atoms with Gasteiger partial charge in [-0.2, -0.15) is 0 Å². The summed E-state index contributed by atoms with van der Waals surface area (Å²) >= 11 is 1.62. The highest BCUT2D eigenvalue weighted by atomic mass is 32.2. The van der Waals surface area contributed by atoms with Crippen LogP contribution in [0, 0.1) is 0 Å². The van der Waals surface area contributed by atoms with Gasteiger partial charge in [0.05, 0.1) is 11.5 Å². The van der Waals surface area contributed by atoms with Crippen molar-refractivity contribution in [2.24, 2.45) is 0 Å². The first kappa shape index (κ1) is 20.3. The van der Waals surface area contributed by atoms with E-state index in [4.69, 9.17) is 0 Å². The Hall–Kier alpha value is -1.97. The fraction of sp³-hybridized carbons (Fsp3) is 0.500. The monoisotopic (exact) mass is 434 g/mol. The lowest BCUT2D eigenvalue weighted by molar-refractivity contribution is -0.137. The smallest absolute Gasteiger partial charge is 0.244 e. The van der Waals surface area contributed by atoms with Crippen LogP contribution >= 0.6 is 11.3 Å². The van der Waals surface area contributed by atoms with Gasteiger partial charge in [0.15, 0.2) is 15.0 Å². The van der Waals surface area contributed by atoms with E-state index < -0.39 is 15.9 Å². The Labute approximate surface area is 175 Å². The topological polar surface area (TPSA) is 73.8 Å². The van der Waals surface area contributed by atoms with Gasteiger partial charge in [-0.1, -0.05) is 30.3 Å². The molecule has 3 heterocycles. The second-order valence-electron chi connectivity index (χ2n) is 7.48. The Bertz CT molecular complexity index is 904. The number of aromatic nitrogens is 1. The van der Waals surface area contributed by atoms with Crippen molar-refractivity contribution in [2.45, 2.75) is 12.5 Å². The van der Waals surface area contributed by atoms with Crippen LogP contribution in [0.3, 0.4) is 0 Å². The number of sulfone groups is 1. The van der Waals surface area contributed by atoms with Gasteiger partial charge in [-0.25, -0.2) is 13.4 Å². The molecule has 1 aromatic carbocycles. The molecule has 0 saturated carbocycles. The average molecular weight is 435 g/mol. The molecule has 2 fully saturated rings. The number of anilines is 1. The molecule has 0 radical (unpaired) electrons. The molecule has 1 atom stereocenters. The maximum absolute atomic E-state index is 13.6. The van der Waals surface area contributed by atoms with Gasteiger partial charge in [0, 0.05) is 50.8 Å². The molecule has 0 spiro atoms. The van der Waals surface area contributed by atoms with E-state index in [0.717, 1.165) is 30.2 Å². The van der Waals surface area contributed by atoms with Crippen LogP contribution in [0.1, 0.15) is 18.0 Å². The lowest BCUT2D eigenvalue weighted by Crippen LogP contribution is -2.49. The van der Waals surface area contributed by atoms with Crippen LogP contribution in [0.25, 0.3) is 0 Å². The summed E-state index contributed by atoms with van der Waals surface area (Å²) in [6.45, 7) is 3.79. The number of thiazole rings is 1. The molecule has 4 rings (SSSR count). The van der Waals surface area contributed by atoms with Crippen molar-refractivity contribution in [3.05, 3.63) is 47.5 Å². The number of hydrogen-bond acceptors (Lipinski definition) is 7. The highest BCUT2D eigenvalue weighted by Gasteiger charge is 2.35. The van der Waals surface area contributed by atoms with Gasteiger partial charge >= 0.3 is 0 Å². The number of amides is 1. The van der Waals surface area contributed by atoms with Crippen molar-refractivity contribution in [2.75, 3.05) is 55.7 Å². The Morgan fingerprint density at radius 2 is 1.76 bits per heavy atom. The molecular weight excluding hydrogens is 408 g/mol. The SMILES string of the molecule is O=C(C(c1ccccc1)N1CCS(=O)(=O)CC1)N1CCCN(c2nccs2)CC1.